The van der Waals surface area contributed by atoms with E-state index in [4.69, 9.17) is 4.74 Å². The molecule has 2 fully saturated rings. The molecule has 2 saturated heterocycles. The quantitative estimate of drug-likeness (QED) is 0.793. The summed E-state index contributed by atoms with van der Waals surface area (Å²) in [5, 5.41) is 1.02. The lowest BCUT2D eigenvalue weighted by atomic mass is 9.90. The summed E-state index contributed by atoms with van der Waals surface area (Å²) in [4.78, 5) is 12.4. The van der Waals surface area contributed by atoms with Crippen LogP contribution >= 0.6 is 11.8 Å². The molecule has 0 saturated carbocycles. The van der Waals surface area contributed by atoms with E-state index < -0.39 is 11.6 Å². The number of ketones is 1. The summed E-state index contributed by atoms with van der Waals surface area (Å²) in [7, 11) is 1.27. The molecule has 2 nitrogen and oxygen atoms in total. The molecule has 2 aliphatic heterocycles. The fourth-order valence-electron chi connectivity index (χ4n) is 3.17. The van der Waals surface area contributed by atoms with Crippen molar-refractivity contribution in [3.8, 4) is 5.75 Å². The Morgan fingerprint density at radius 3 is 2.45 bits per heavy atom. The van der Waals surface area contributed by atoms with Gasteiger partial charge in [0.15, 0.2) is 17.3 Å². The minimum atomic E-state index is -1.08. The summed E-state index contributed by atoms with van der Waals surface area (Å²) in [6.45, 7) is 0. The molecule has 1 aromatic rings. The number of carbonyl (C=O) groups excluding carboxylic acids is 1. The molecule has 2 aliphatic rings. The number of carbonyl (C=O) groups is 1. The van der Waals surface area contributed by atoms with Crippen LogP contribution in [0.5, 0.6) is 5.75 Å². The van der Waals surface area contributed by atoms with Crippen molar-refractivity contribution in [2.45, 2.75) is 36.2 Å². The maximum absolute atomic E-state index is 14.0. The predicted octanol–water partition coefficient (Wildman–Crippen LogP) is 3.83. The first-order chi connectivity index (χ1) is 9.60. The molecule has 20 heavy (non-hydrogen) atoms. The molecule has 0 aromatic heterocycles. The molecule has 5 heteroatoms. The molecule has 1 aromatic carbocycles. The first-order valence-corrected chi connectivity index (χ1v) is 7.76. The van der Waals surface area contributed by atoms with Gasteiger partial charge in [-0.05, 0) is 37.8 Å². The fraction of sp³-hybridized carbons (Fsp3) is 0.533. The standard InChI is InChI=1S/C15H16F2O2S/c1-19-12-5-4-11(13(16)14(12)17)15(18)8-6-9-2-3-10(7-8)20-9/h4-5,8-10H,2-3,6-7H2,1H3. The lowest BCUT2D eigenvalue weighted by Crippen LogP contribution is -2.25. The maximum Gasteiger partial charge on any atom is 0.201 e. The van der Waals surface area contributed by atoms with Crippen molar-refractivity contribution in [3.05, 3.63) is 29.3 Å². The van der Waals surface area contributed by atoms with Crippen molar-refractivity contribution in [3.63, 3.8) is 0 Å². The van der Waals surface area contributed by atoms with Crippen molar-refractivity contribution in [1.29, 1.82) is 0 Å². The SMILES string of the molecule is COc1ccc(C(=O)C2CC3CCC(C2)S3)c(F)c1F. The first kappa shape index (κ1) is 13.9. The highest BCUT2D eigenvalue weighted by Crippen LogP contribution is 2.46. The highest BCUT2D eigenvalue weighted by Gasteiger charge is 2.38. The minimum Gasteiger partial charge on any atom is -0.494 e. The van der Waals surface area contributed by atoms with Crippen LogP contribution in [-0.4, -0.2) is 23.4 Å². The Morgan fingerprint density at radius 1 is 1.20 bits per heavy atom. The molecule has 108 valence electrons. The smallest absolute Gasteiger partial charge is 0.201 e. The Balaban J connectivity index is 1.86. The third kappa shape index (κ3) is 2.32. The number of Topliss-reactive ketones (excluding diaryl/α,β-unsaturated/α-hetero) is 1. The predicted molar refractivity (Wildman–Crippen MR) is 74.4 cm³/mol. The van der Waals surface area contributed by atoms with Crippen molar-refractivity contribution in [2.24, 2.45) is 5.92 Å². The first-order valence-electron chi connectivity index (χ1n) is 6.81. The van der Waals surface area contributed by atoms with Gasteiger partial charge in [-0.15, -0.1) is 0 Å². The number of rotatable bonds is 3. The number of benzene rings is 1. The average Bonchev–Trinajstić information content (AvgIpc) is 2.79. The number of ether oxygens (including phenoxy) is 1. The average molecular weight is 298 g/mol. The van der Waals surface area contributed by atoms with Gasteiger partial charge in [-0.3, -0.25) is 4.79 Å². The highest BCUT2D eigenvalue weighted by atomic mass is 32.2. The summed E-state index contributed by atoms with van der Waals surface area (Å²) in [6, 6.07) is 2.65. The van der Waals surface area contributed by atoms with E-state index in [0.717, 1.165) is 25.7 Å². The highest BCUT2D eigenvalue weighted by molar-refractivity contribution is 8.00. The summed E-state index contributed by atoms with van der Waals surface area (Å²) in [5.41, 5.74) is -0.139. The zero-order valence-corrected chi connectivity index (χ0v) is 12.0. The van der Waals surface area contributed by atoms with E-state index in [1.54, 1.807) is 0 Å². The molecule has 0 aliphatic carbocycles. The number of thioether (sulfide) groups is 1. The zero-order valence-electron chi connectivity index (χ0n) is 11.2. The normalized spacial score (nSPS) is 28.4. The third-order valence-corrected chi connectivity index (χ3v) is 5.82. The topological polar surface area (TPSA) is 26.3 Å². The Labute approximate surface area is 120 Å². The largest absolute Gasteiger partial charge is 0.494 e. The molecule has 0 N–H and O–H groups in total. The third-order valence-electron chi connectivity index (χ3n) is 4.19. The Bertz CT molecular complexity index is 535. The van der Waals surface area contributed by atoms with Crippen LogP contribution in [0, 0.1) is 17.6 Å². The number of hydrogen-bond acceptors (Lipinski definition) is 3. The van der Waals surface area contributed by atoms with Gasteiger partial charge < -0.3 is 4.74 Å². The molecule has 0 spiro atoms. The molecule has 3 rings (SSSR count). The maximum atomic E-state index is 14.0. The molecule has 2 unspecified atom stereocenters. The van der Waals surface area contributed by atoms with Crippen molar-refractivity contribution < 1.29 is 18.3 Å². The van der Waals surface area contributed by atoms with Gasteiger partial charge in [-0.2, -0.15) is 16.2 Å². The second-order valence-corrected chi connectivity index (χ2v) is 7.04. The molecular weight excluding hydrogens is 282 g/mol. The monoisotopic (exact) mass is 298 g/mol. The summed E-state index contributed by atoms with van der Waals surface area (Å²) < 4.78 is 32.4. The van der Waals surface area contributed by atoms with Crippen LogP contribution in [0.3, 0.4) is 0 Å². The van der Waals surface area contributed by atoms with Crippen LogP contribution in [0.4, 0.5) is 8.78 Å². The van der Waals surface area contributed by atoms with Gasteiger partial charge in [-0.1, -0.05) is 0 Å². The number of fused-ring (bicyclic) bond motifs is 2. The van der Waals surface area contributed by atoms with E-state index in [0.29, 0.717) is 10.5 Å². The summed E-state index contributed by atoms with van der Waals surface area (Å²) in [6.07, 6.45) is 3.84. The van der Waals surface area contributed by atoms with E-state index in [9.17, 15) is 13.6 Å². The number of hydrogen-bond donors (Lipinski definition) is 0. The van der Waals surface area contributed by atoms with Crippen LogP contribution < -0.4 is 4.74 Å². The van der Waals surface area contributed by atoms with Gasteiger partial charge in [0.05, 0.1) is 12.7 Å². The van der Waals surface area contributed by atoms with Crippen LogP contribution in [0.15, 0.2) is 12.1 Å². The molecule has 2 atom stereocenters. The van der Waals surface area contributed by atoms with E-state index in [-0.39, 0.29) is 23.0 Å². The van der Waals surface area contributed by atoms with Gasteiger partial charge in [0.1, 0.15) is 0 Å². The van der Waals surface area contributed by atoms with Gasteiger partial charge in [0.25, 0.3) is 0 Å². The van der Waals surface area contributed by atoms with E-state index >= 15 is 0 Å². The Morgan fingerprint density at radius 2 is 1.85 bits per heavy atom. The van der Waals surface area contributed by atoms with E-state index in [2.05, 4.69) is 0 Å². The van der Waals surface area contributed by atoms with Crippen molar-refractivity contribution >= 4 is 17.5 Å². The number of halogens is 2. The molecule has 0 amide bonds. The minimum absolute atomic E-state index is 0.139. The lowest BCUT2D eigenvalue weighted by molar-refractivity contribution is 0.0901. The molecule has 0 radical (unpaired) electrons. The zero-order chi connectivity index (χ0) is 14.3. The Hall–Kier alpha value is -1.10. The lowest BCUT2D eigenvalue weighted by Gasteiger charge is -2.26. The Kier molecular flexibility index (Phi) is 3.71. The number of methoxy groups -OCH3 is 1. The van der Waals surface area contributed by atoms with Crippen LogP contribution in [0.2, 0.25) is 0 Å². The fourth-order valence-corrected chi connectivity index (χ4v) is 4.95. The van der Waals surface area contributed by atoms with Gasteiger partial charge in [0.2, 0.25) is 5.82 Å². The molecular formula is C15H16F2O2S. The van der Waals surface area contributed by atoms with Gasteiger partial charge >= 0.3 is 0 Å². The van der Waals surface area contributed by atoms with Crippen molar-refractivity contribution in [1.82, 2.24) is 0 Å². The van der Waals surface area contributed by atoms with Gasteiger partial charge in [-0.25, -0.2) is 4.39 Å². The molecule has 2 bridgehead atoms. The summed E-state index contributed by atoms with van der Waals surface area (Å²) >= 11 is 1.94. The van der Waals surface area contributed by atoms with Crippen molar-refractivity contribution in [2.75, 3.05) is 7.11 Å². The van der Waals surface area contributed by atoms with E-state index in [1.807, 2.05) is 11.8 Å². The van der Waals surface area contributed by atoms with Crippen LogP contribution in [0.25, 0.3) is 0 Å². The van der Waals surface area contributed by atoms with Gasteiger partial charge in [0, 0.05) is 16.4 Å². The second kappa shape index (κ2) is 5.35. The summed E-state index contributed by atoms with van der Waals surface area (Å²) in [5.74, 6) is -2.76. The van der Waals surface area contributed by atoms with E-state index in [1.165, 1.54) is 19.2 Å². The van der Waals surface area contributed by atoms with Crippen LogP contribution in [0.1, 0.15) is 36.0 Å². The molecule has 2 heterocycles. The van der Waals surface area contributed by atoms with Crippen LogP contribution in [-0.2, 0) is 0 Å². The second-order valence-electron chi connectivity index (χ2n) is 5.43.